The highest BCUT2D eigenvalue weighted by molar-refractivity contribution is 5.85. The first-order chi connectivity index (χ1) is 14.2. The SMILES string of the molecule is CCNCCc1cccc(-c2cnccc2-c2nc3cnc(N)nc3n2CC)c1. The van der Waals surface area contributed by atoms with Crippen LogP contribution in [0.1, 0.15) is 19.4 Å². The number of aryl methyl sites for hydroxylation is 1. The zero-order chi connectivity index (χ0) is 20.2. The number of likely N-dealkylation sites (N-methyl/N-ethyl adjacent to an activating group) is 1. The quantitative estimate of drug-likeness (QED) is 0.473. The van der Waals surface area contributed by atoms with Crippen LogP contribution in [-0.2, 0) is 13.0 Å². The Balaban J connectivity index is 1.81. The Bertz CT molecular complexity index is 1130. The van der Waals surface area contributed by atoms with Crippen LogP contribution >= 0.6 is 0 Å². The van der Waals surface area contributed by atoms with E-state index in [0.29, 0.717) is 0 Å². The van der Waals surface area contributed by atoms with Gasteiger partial charge in [0.25, 0.3) is 0 Å². The number of aromatic nitrogens is 5. The summed E-state index contributed by atoms with van der Waals surface area (Å²) in [5.74, 6) is 1.10. The molecule has 29 heavy (non-hydrogen) atoms. The molecule has 3 heterocycles. The Morgan fingerprint density at radius 2 is 1.97 bits per heavy atom. The normalized spacial score (nSPS) is 11.2. The molecule has 0 spiro atoms. The van der Waals surface area contributed by atoms with Crippen molar-refractivity contribution in [3.8, 4) is 22.5 Å². The molecule has 7 heteroatoms. The Morgan fingerprint density at radius 1 is 1.07 bits per heavy atom. The van der Waals surface area contributed by atoms with Crippen molar-refractivity contribution in [2.24, 2.45) is 0 Å². The van der Waals surface area contributed by atoms with Crippen LogP contribution in [0.3, 0.4) is 0 Å². The van der Waals surface area contributed by atoms with Gasteiger partial charge in [0.1, 0.15) is 11.3 Å². The number of hydrogen-bond acceptors (Lipinski definition) is 6. The van der Waals surface area contributed by atoms with Crippen molar-refractivity contribution < 1.29 is 0 Å². The number of nitrogen functional groups attached to an aromatic ring is 1. The standard InChI is InChI=1S/C22H25N7/c1-3-24-10-8-15-6-5-7-16(12-15)18-13-25-11-9-17(18)20-27-19-14-26-22(23)28-21(19)29(20)4-2/h5-7,9,11-14,24H,3-4,8,10H2,1-2H3,(H2,23,26,28). The van der Waals surface area contributed by atoms with E-state index in [1.165, 1.54) is 5.56 Å². The molecule has 0 atom stereocenters. The lowest BCUT2D eigenvalue weighted by atomic mass is 9.98. The van der Waals surface area contributed by atoms with E-state index in [2.05, 4.69) is 62.9 Å². The number of benzene rings is 1. The monoisotopic (exact) mass is 387 g/mol. The summed E-state index contributed by atoms with van der Waals surface area (Å²) in [5.41, 5.74) is 11.8. The van der Waals surface area contributed by atoms with Crippen LogP contribution in [0.5, 0.6) is 0 Å². The molecule has 0 saturated heterocycles. The fourth-order valence-electron chi connectivity index (χ4n) is 3.56. The molecular weight excluding hydrogens is 362 g/mol. The maximum absolute atomic E-state index is 5.80. The van der Waals surface area contributed by atoms with Gasteiger partial charge in [-0.05, 0) is 43.6 Å². The molecular formula is C22H25N7. The summed E-state index contributed by atoms with van der Waals surface area (Å²) in [6.07, 6.45) is 6.36. The van der Waals surface area contributed by atoms with E-state index in [0.717, 1.165) is 59.7 Å². The fraction of sp³-hybridized carbons (Fsp3) is 0.273. The number of fused-ring (bicyclic) bond motifs is 1. The van der Waals surface area contributed by atoms with Crippen molar-refractivity contribution in [1.82, 2.24) is 29.8 Å². The van der Waals surface area contributed by atoms with Crippen LogP contribution < -0.4 is 11.1 Å². The van der Waals surface area contributed by atoms with Crippen molar-refractivity contribution in [2.45, 2.75) is 26.8 Å². The maximum atomic E-state index is 5.80. The van der Waals surface area contributed by atoms with Gasteiger partial charge in [0.05, 0.1) is 6.20 Å². The maximum Gasteiger partial charge on any atom is 0.222 e. The molecule has 0 bridgehead atoms. The fourth-order valence-corrected chi connectivity index (χ4v) is 3.56. The Hall–Kier alpha value is -3.32. The van der Waals surface area contributed by atoms with Crippen LogP contribution in [0, 0.1) is 0 Å². The van der Waals surface area contributed by atoms with Crippen molar-refractivity contribution >= 4 is 17.1 Å². The number of nitrogens with one attached hydrogen (secondary N) is 1. The first-order valence-electron chi connectivity index (χ1n) is 9.94. The summed E-state index contributed by atoms with van der Waals surface area (Å²) >= 11 is 0. The zero-order valence-corrected chi connectivity index (χ0v) is 16.8. The third kappa shape index (κ3) is 3.82. The predicted molar refractivity (Wildman–Crippen MR) is 116 cm³/mol. The molecule has 0 unspecified atom stereocenters. The smallest absolute Gasteiger partial charge is 0.222 e. The molecule has 0 fully saturated rings. The van der Waals surface area contributed by atoms with E-state index in [1.54, 1.807) is 12.4 Å². The van der Waals surface area contributed by atoms with Crippen LogP contribution in [-0.4, -0.2) is 37.6 Å². The van der Waals surface area contributed by atoms with Crippen LogP contribution in [0.25, 0.3) is 33.7 Å². The number of nitrogens with two attached hydrogens (primary N) is 1. The van der Waals surface area contributed by atoms with Gasteiger partial charge in [-0.15, -0.1) is 0 Å². The first-order valence-corrected chi connectivity index (χ1v) is 9.94. The van der Waals surface area contributed by atoms with E-state index in [4.69, 9.17) is 10.7 Å². The second-order valence-corrected chi connectivity index (χ2v) is 6.84. The largest absolute Gasteiger partial charge is 0.368 e. The number of anilines is 1. The number of rotatable bonds is 7. The molecule has 0 amide bonds. The number of pyridine rings is 1. The Kier molecular flexibility index (Phi) is 5.48. The van der Waals surface area contributed by atoms with Gasteiger partial charge in [0, 0.05) is 30.1 Å². The number of nitrogens with zero attached hydrogens (tertiary/aromatic N) is 5. The summed E-state index contributed by atoms with van der Waals surface area (Å²) in [6, 6.07) is 10.6. The van der Waals surface area contributed by atoms with Gasteiger partial charge in [-0.3, -0.25) is 4.98 Å². The van der Waals surface area contributed by atoms with Gasteiger partial charge in [-0.2, -0.15) is 4.98 Å². The minimum absolute atomic E-state index is 0.252. The van der Waals surface area contributed by atoms with E-state index in [-0.39, 0.29) is 5.95 Å². The third-order valence-corrected chi connectivity index (χ3v) is 4.96. The first kappa shape index (κ1) is 19.0. The molecule has 4 rings (SSSR count). The second-order valence-electron chi connectivity index (χ2n) is 6.84. The third-order valence-electron chi connectivity index (χ3n) is 4.96. The molecule has 0 radical (unpaired) electrons. The van der Waals surface area contributed by atoms with Gasteiger partial charge in [-0.1, -0.05) is 31.2 Å². The van der Waals surface area contributed by atoms with Crippen molar-refractivity contribution in [3.05, 3.63) is 54.5 Å². The lowest BCUT2D eigenvalue weighted by Crippen LogP contribution is -2.15. The molecule has 0 aliphatic rings. The van der Waals surface area contributed by atoms with Crippen molar-refractivity contribution in [1.29, 1.82) is 0 Å². The highest BCUT2D eigenvalue weighted by Gasteiger charge is 2.17. The summed E-state index contributed by atoms with van der Waals surface area (Å²) in [5, 5.41) is 3.38. The molecule has 0 aliphatic carbocycles. The lowest BCUT2D eigenvalue weighted by Gasteiger charge is -2.12. The van der Waals surface area contributed by atoms with Crippen LogP contribution in [0.4, 0.5) is 5.95 Å². The van der Waals surface area contributed by atoms with Crippen LogP contribution in [0.15, 0.2) is 48.9 Å². The van der Waals surface area contributed by atoms with Gasteiger partial charge in [0.15, 0.2) is 5.65 Å². The molecule has 7 nitrogen and oxygen atoms in total. The molecule has 0 aliphatic heterocycles. The van der Waals surface area contributed by atoms with Crippen molar-refractivity contribution in [3.63, 3.8) is 0 Å². The van der Waals surface area contributed by atoms with Gasteiger partial charge < -0.3 is 15.6 Å². The number of imidazole rings is 1. The molecule has 0 saturated carbocycles. The summed E-state index contributed by atoms with van der Waals surface area (Å²) < 4.78 is 2.07. The Labute approximate surface area is 170 Å². The van der Waals surface area contributed by atoms with E-state index >= 15 is 0 Å². The molecule has 3 aromatic heterocycles. The van der Waals surface area contributed by atoms with Gasteiger partial charge in [-0.25, -0.2) is 9.97 Å². The molecule has 1 aromatic carbocycles. The second kappa shape index (κ2) is 8.36. The summed E-state index contributed by atoms with van der Waals surface area (Å²) in [7, 11) is 0. The molecule has 4 aromatic rings. The summed E-state index contributed by atoms with van der Waals surface area (Å²) in [6.45, 7) is 6.87. The van der Waals surface area contributed by atoms with Gasteiger partial charge in [0.2, 0.25) is 5.95 Å². The average Bonchev–Trinajstić information content (AvgIpc) is 3.11. The van der Waals surface area contributed by atoms with Crippen molar-refractivity contribution in [2.75, 3.05) is 18.8 Å². The lowest BCUT2D eigenvalue weighted by molar-refractivity contribution is 0.717. The molecule has 3 N–H and O–H groups in total. The highest BCUT2D eigenvalue weighted by Crippen LogP contribution is 2.33. The van der Waals surface area contributed by atoms with Crippen LogP contribution in [0.2, 0.25) is 0 Å². The number of hydrogen-bond donors (Lipinski definition) is 2. The molecule has 148 valence electrons. The Morgan fingerprint density at radius 3 is 2.79 bits per heavy atom. The minimum atomic E-state index is 0.252. The average molecular weight is 387 g/mol. The topological polar surface area (TPSA) is 94.5 Å². The minimum Gasteiger partial charge on any atom is -0.368 e. The van der Waals surface area contributed by atoms with E-state index in [1.807, 2.05) is 12.3 Å². The summed E-state index contributed by atoms with van der Waals surface area (Å²) in [4.78, 5) is 17.7. The zero-order valence-electron chi connectivity index (χ0n) is 16.8. The van der Waals surface area contributed by atoms with Gasteiger partial charge >= 0.3 is 0 Å². The predicted octanol–water partition coefficient (Wildman–Crippen LogP) is 3.31. The van der Waals surface area contributed by atoms with E-state index < -0.39 is 0 Å². The van der Waals surface area contributed by atoms with E-state index in [9.17, 15) is 0 Å². The highest BCUT2D eigenvalue weighted by atomic mass is 15.2.